The summed E-state index contributed by atoms with van der Waals surface area (Å²) >= 11 is 5.80. The molecule has 0 saturated heterocycles. The van der Waals surface area contributed by atoms with E-state index in [2.05, 4.69) is 20.8 Å². The van der Waals surface area contributed by atoms with Crippen molar-refractivity contribution < 1.29 is 4.92 Å². The molecule has 110 valence electrons. The van der Waals surface area contributed by atoms with Gasteiger partial charge >= 0.3 is 0 Å². The lowest BCUT2D eigenvalue weighted by Crippen LogP contribution is -1.99. The Balaban J connectivity index is 1.94. The Morgan fingerprint density at radius 3 is 2.82 bits per heavy atom. The summed E-state index contributed by atoms with van der Waals surface area (Å²) in [5, 5.41) is 25.3. The molecule has 0 unspecified atom stereocenters. The van der Waals surface area contributed by atoms with Crippen LogP contribution in [0.1, 0.15) is 0 Å². The van der Waals surface area contributed by atoms with Gasteiger partial charge in [-0.05, 0) is 40.8 Å². The number of nitro benzene ring substituents is 1. The van der Waals surface area contributed by atoms with E-state index in [1.165, 1.54) is 17.1 Å². The Labute approximate surface area is 129 Å². The lowest BCUT2D eigenvalue weighted by Gasteiger charge is -2.09. The standard InChI is InChI=1S/C13H9ClN6O2/c14-9-4-5-12(13(6-9)20(21)22)16-10-2-1-3-11(7-10)19-8-15-17-18-19/h1-8,16H. The van der Waals surface area contributed by atoms with E-state index in [0.717, 1.165) is 5.69 Å². The number of rotatable bonds is 4. The largest absolute Gasteiger partial charge is 0.350 e. The molecule has 8 nitrogen and oxygen atoms in total. The molecule has 0 aliphatic carbocycles. The second-order valence-corrected chi connectivity index (χ2v) is 4.78. The van der Waals surface area contributed by atoms with Gasteiger partial charge < -0.3 is 5.32 Å². The quantitative estimate of drug-likeness (QED) is 0.587. The van der Waals surface area contributed by atoms with Gasteiger partial charge in [0.25, 0.3) is 5.69 Å². The number of hydrogen-bond acceptors (Lipinski definition) is 6. The van der Waals surface area contributed by atoms with Crippen LogP contribution in [-0.4, -0.2) is 25.1 Å². The summed E-state index contributed by atoms with van der Waals surface area (Å²) in [7, 11) is 0. The fourth-order valence-electron chi connectivity index (χ4n) is 1.92. The zero-order valence-corrected chi connectivity index (χ0v) is 11.8. The van der Waals surface area contributed by atoms with Gasteiger partial charge in [-0.15, -0.1) is 5.10 Å². The molecule has 0 saturated carbocycles. The maximum Gasteiger partial charge on any atom is 0.294 e. The molecule has 0 fully saturated rings. The number of benzene rings is 2. The molecule has 0 spiro atoms. The summed E-state index contributed by atoms with van der Waals surface area (Å²) in [5.41, 5.74) is 1.65. The Morgan fingerprint density at radius 1 is 1.23 bits per heavy atom. The van der Waals surface area contributed by atoms with Gasteiger partial charge in [-0.25, -0.2) is 4.68 Å². The molecule has 22 heavy (non-hydrogen) atoms. The van der Waals surface area contributed by atoms with Gasteiger partial charge in [0.05, 0.1) is 10.6 Å². The summed E-state index contributed by atoms with van der Waals surface area (Å²) in [6.45, 7) is 0. The second kappa shape index (κ2) is 5.78. The zero-order valence-electron chi connectivity index (χ0n) is 11.0. The molecule has 0 aliphatic rings. The van der Waals surface area contributed by atoms with Gasteiger partial charge in [0.15, 0.2) is 0 Å². The molecule has 1 N–H and O–H groups in total. The predicted octanol–water partition coefficient (Wildman–Crippen LogP) is 2.97. The minimum absolute atomic E-state index is 0.0969. The number of nitrogens with one attached hydrogen (secondary N) is 1. The van der Waals surface area contributed by atoms with Crippen LogP contribution in [0.15, 0.2) is 48.8 Å². The highest BCUT2D eigenvalue weighted by Crippen LogP contribution is 2.30. The van der Waals surface area contributed by atoms with Crippen LogP contribution < -0.4 is 5.32 Å². The number of tetrazole rings is 1. The highest BCUT2D eigenvalue weighted by Gasteiger charge is 2.14. The van der Waals surface area contributed by atoms with Gasteiger partial charge in [-0.1, -0.05) is 17.7 Å². The van der Waals surface area contributed by atoms with Gasteiger partial charge in [-0.3, -0.25) is 10.1 Å². The van der Waals surface area contributed by atoms with E-state index in [1.54, 1.807) is 30.3 Å². The van der Waals surface area contributed by atoms with Gasteiger partial charge in [0, 0.05) is 16.8 Å². The molecule has 2 aromatic carbocycles. The monoisotopic (exact) mass is 316 g/mol. The third-order valence-corrected chi connectivity index (χ3v) is 3.13. The van der Waals surface area contributed by atoms with Crippen LogP contribution in [0.4, 0.5) is 17.1 Å². The molecule has 0 bridgehead atoms. The fraction of sp³-hybridized carbons (Fsp3) is 0. The van der Waals surface area contributed by atoms with Crippen LogP contribution in [0.3, 0.4) is 0 Å². The molecule has 0 atom stereocenters. The molecule has 3 aromatic rings. The van der Waals surface area contributed by atoms with Crippen LogP contribution in [-0.2, 0) is 0 Å². The minimum Gasteiger partial charge on any atom is -0.350 e. The number of halogens is 1. The van der Waals surface area contributed by atoms with Crippen molar-refractivity contribution in [1.29, 1.82) is 0 Å². The fourth-order valence-corrected chi connectivity index (χ4v) is 2.09. The first kappa shape index (κ1) is 14.0. The van der Waals surface area contributed by atoms with Crippen molar-refractivity contribution in [3.05, 3.63) is 63.9 Å². The number of nitrogens with zero attached hydrogens (tertiary/aromatic N) is 5. The summed E-state index contributed by atoms with van der Waals surface area (Å²) in [6.07, 6.45) is 1.46. The van der Waals surface area contributed by atoms with Gasteiger partial charge in [-0.2, -0.15) is 0 Å². The van der Waals surface area contributed by atoms with Crippen molar-refractivity contribution in [3.8, 4) is 5.69 Å². The molecule has 0 radical (unpaired) electrons. The first-order valence-corrected chi connectivity index (χ1v) is 6.56. The van der Waals surface area contributed by atoms with Crippen molar-refractivity contribution in [1.82, 2.24) is 20.2 Å². The molecule has 1 aromatic heterocycles. The first-order valence-electron chi connectivity index (χ1n) is 6.18. The Hall–Kier alpha value is -3.00. The summed E-state index contributed by atoms with van der Waals surface area (Å²) in [5.74, 6) is 0. The topological polar surface area (TPSA) is 98.8 Å². The maximum absolute atomic E-state index is 11.1. The molecular formula is C13H9ClN6O2. The van der Waals surface area contributed by atoms with E-state index >= 15 is 0 Å². The van der Waals surface area contributed by atoms with Crippen LogP contribution in [0.2, 0.25) is 5.02 Å². The number of aromatic nitrogens is 4. The summed E-state index contributed by atoms with van der Waals surface area (Å²) in [4.78, 5) is 10.6. The van der Waals surface area contributed by atoms with Crippen molar-refractivity contribution in [2.75, 3.05) is 5.32 Å². The number of hydrogen-bond donors (Lipinski definition) is 1. The summed E-state index contributed by atoms with van der Waals surface area (Å²) < 4.78 is 1.49. The zero-order chi connectivity index (χ0) is 15.5. The highest BCUT2D eigenvalue weighted by molar-refractivity contribution is 6.30. The number of nitro groups is 1. The van der Waals surface area contributed by atoms with Gasteiger partial charge in [0.1, 0.15) is 12.0 Å². The van der Waals surface area contributed by atoms with E-state index < -0.39 is 4.92 Å². The minimum atomic E-state index is -0.487. The average molecular weight is 317 g/mol. The molecule has 1 heterocycles. The third-order valence-electron chi connectivity index (χ3n) is 2.90. The maximum atomic E-state index is 11.1. The van der Waals surface area contributed by atoms with E-state index in [4.69, 9.17) is 11.6 Å². The van der Waals surface area contributed by atoms with Crippen molar-refractivity contribution >= 4 is 28.7 Å². The van der Waals surface area contributed by atoms with Crippen LogP contribution in [0, 0.1) is 10.1 Å². The molecule has 0 amide bonds. The third kappa shape index (κ3) is 2.86. The normalized spacial score (nSPS) is 10.4. The van der Waals surface area contributed by atoms with E-state index in [0.29, 0.717) is 16.4 Å². The smallest absolute Gasteiger partial charge is 0.294 e. The Morgan fingerprint density at radius 2 is 2.09 bits per heavy atom. The van der Waals surface area contributed by atoms with Crippen molar-refractivity contribution in [2.45, 2.75) is 0 Å². The van der Waals surface area contributed by atoms with Crippen molar-refractivity contribution in [3.63, 3.8) is 0 Å². The molecule has 9 heteroatoms. The van der Waals surface area contributed by atoms with E-state index in [-0.39, 0.29) is 5.69 Å². The second-order valence-electron chi connectivity index (χ2n) is 4.35. The van der Waals surface area contributed by atoms with E-state index in [1.807, 2.05) is 6.07 Å². The van der Waals surface area contributed by atoms with Crippen molar-refractivity contribution in [2.24, 2.45) is 0 Å². The van der Waals surface area contributed by atoms with E-state index in [9.17, 15) is 10.1 Å². The van der Waals surface area contributed by atoms with Gasteiger partial charge in [0.2, 0.25) is 0 Å². The lowest BCUT2D eigenvalue weighted by molar-refractivity contribution is -0.383. The first-order chi connectivity index (χ1) is 10.6. The Kier molecular flexibility index (Phi) is 3.67. The van der Waals surface area contributed by atoms with Crippen LogP contribution >= 0.6 is 11.6 Å². The SMILES string of the molecule is O=[N+]([O-])c1cc(Cl)ccc1Nc1cccc(-n2cnnn2)c1. The van der Waals surface area contributed by atoms with Crippen LogP contribution in [0.25, 0.3) is 5.69 Å². The summed E-state index contributed by atoms with van der Waals surface area (Å²) in [6, 6.07) is 11.6. The number of anilines is 2. The Bertz CT molecular complexity index is 821. The lowest BCUT2D eigenvalue weighted by atomic mass is 10.2. The highest BCUT2D eigenvalue weighted by atomic mass is 35.5. The predicted molar refractivity (Wildman–Crippen MR) is 80.5 cm³/mol. The molecule has 0 aliphatic heterocycles. The average Bonchev–Trinajstić information content (AvgIpc) is 3.03. The molecular weight excluding hydrogens is 308 g/mol. The molecule has 3 rings (SSSR count). The van der Waals surface area contributed by atoms with Crippen LogP contribution in [0.5, 0.6) is 0 Å².